The van der Waals surface area contributed by atoms with E-state index in [4.69, 9.17) is 4.74 Å². The molecule has 4 heteroatoms. The van der Waals surface area contributed by atoms with E-state index in [1.54, 1.807) is 0 Å². The molecule has 4 nitrogen and oxygen atoms in total. The predicted octanol–water partition coefficient (Wildman–Crippen LogP) is 2.30. The molecule has 0 saturated carbocycles. The van der Waals surface area contributed by atoms with Gasteiger partial charge in [0.1, 0.15) is 5.75 Å². The van der Waals surface area contributed by atoms with Crippen LogP contribution in [0, 0.1) is 0 Å². The van der Waals surface area contributed by atoms with Crippen molar-refractivity contribution in [2.75, 3.05) is 13.2 Å². The van der Waals surface area contributed by atoms with Gasteiger partial charge in [-0.2, -0.15) is 0 Å². The van der Waals surface area contributed by atoms with Crippen LogP contribution in [0.5, 0.6) is 5.75 Å². The second-order valence-electron chi connectivity index (χ2n) is 5.00. The molecule has 112 valence electrons. The maximum Gasteiger partial charge on any atom is 0.258 e. The molecule has 1 aromatic carbocycles. The van der Waals surface area contributed by atoms with Crippen molar-refractivity contribution in [3.05, 3.63) is 29.8 Å². The van der Waals surface area contributed by atoms with Gasteiger partial charge in [-0.1, -0.05) is 32.9 Å². The van der Waals surface area contributed by atoms with E-state index in [1.165, 1.54) is 5.56 Å². The highest BCUT2D eigenvalue weighted by atomic mass is 16.5. The van der Waals surface area contributed by atoms with Crippen LogP contribution in [0.1, 0.15) is 39.2 Å². The second kappa shape index (κ2) is 7.90. The maximum absolute atomic E-state index is 11.7. The lowest BCUT2D eigenvalue weighted by Crippen LogP contribution is -2.43. The molecular formula is C16H25NO3. The van der Waals surface area contributed by atoms with E-state index >= 15 is 0 Å². The fraction of sp³-hybridized carbons (Fsp3) is 0.562. The second-order valence-corrected chi connectivity index (χ2v) is 5.00. The van der Waals surface area contributed by atoms with Gasteiger partial charge in [0.05, 0.1) is 5.60 Å². The number of amides is 1. The molecule has 0 radical (unpaired) electrons. The number of hydrogen-bond acceptors (Lipinski definition) is 3. The quantitative estimate of drug-likeness (QED) is 0.767. The van der Waals surface area contributed by atoms with Crippen LogP contribution in [0.3, 0.4) is 0 Å². The SMILES string of the molecule is CCc1cccc(OCC(=O)NCC(O)(CC)CC)c1. The average Bonchev–Trinajstić information content (AvgIpc) is 2.50. The van der Waals surface area contributed by atoms with Crippen molar-refractivity contribution in [3.63, 3.8) is 0 Å². The van der Waals surface area contributed by atoms with Gasteiger partial charge in [-0.25, -0.2) is 0 Å². The molecule has 1 aromatic rings. The number of rotatable bonds is 8. The van der Waals surface area contributed by atoms with Crippen LogP contribution in [-0.2, 0) is 11.2 Å². The Kier molecular flexibility index (Phi) is 6.52. The normalized spacial score (nSPS) is 11.2. The molecule has 0 saturated heterocycles. The van der Waals surface area contributed by atoms with Gasteiger partial charge in [0.25, 0.3) is 5.91 Å². The van der Waals surface area contributed by atoms with Gasteiger partial charge >= 0.3 is 0 Å². The summed E-state index contributed by atoms with van der Waals surface area (Å²) in [4.78, 5) is 11.7. The minimum Gasteiger partial charge on any atom is -0.484 e. The number of hydrogen-bond donors (Lipinski definition) is 2. The van der Waals surface area contributed by atoms with Crippen molar-refractivity contribution >= 4 is 5.91 Å². The lowest BCUT2D eigenvalue weighted by atomic mass is 9.98. The van der Waals surface area contributed by atoms with Gasteiger partial charge in [-0.3, -0.25) is 4.79 Å². The Hall–Kier alpha value is -1.55. The Labute approximate surface area is 121 Å². The summed E-state index contributed by atoms with van der Waals surface area (Å²) in [6.07, 6.45) is 2.16. The van der Waals surface area contributed by atoms with Crippen LogP contribution < -0.4 is 10.1 Å². The Morgan fingerprint density at radius 2 is 2.00 bits per heavy atom. The third-order valence-electron chi connectivity index (χ3n) is 3.61. The van der Waals surface area contributed by atoms with E-state index in [0.717, 1.165) is 6.42 Å². The summed E-state index contributed by atoms with van der Waals surface area (Å²) in [6.45, 7) is 6.11. The molecule has 0 aliphatic carbocycles. The molecule has 0 atom stereocenters. The summed E-state index contributed by atoms with van der Waals surface area (Å²) in [5.74, 6) is 0.480. The highest BCUT2D eigenvalue weighted by molar-refractivity contribution is 5.77. The first-order valence-corrected chi connectivity index (χ1v) is 7.23. The summed E-state index contributed by atoms with van der Waals surface area (Å²) >= 11 is 0. The van der Waals surface area contributed by atoms with Crippen LogP contribution in [0.15, 0.2) is 24.3 Å². The van der Waals surface area contributed by atoms with E-state index < -0.39 is 5.60 Å². The first-order chi connectivity index (χ1) is 9.53. The third kappa shape index (κ3) is 5.21. The van der Waals surface area contributed by atoms with E-state index in [1.807, 2.05) is 38.1 Å². The minimum absolute atomic E-state index is 0.0311. The number of aryl methyl sites for hydroxylation is 1. The van der Waals surface area contributed by atoms with Gasteiger partial charge in [-0.15, -0.1) is 0 Å². The highest BCUT2D eigenvalue weighted by Gasteiger charge is 2.22. The third-order valence-corrected chi connectivity index (χ3v) is 3.61. The monoisotopic (exact) mass is 279 g/mol. The Balaban J connectivity index is 2.39. The largest absolute Gasteiger partial charge is 0.484 e. The molecule has 20 heavy (non-hydrogen) atoms. The van der Waals surface area contributed by atoms with Gasteiger partial charge < -0.3 is 15.2 Å². The fourth-order valence-corrected chi connectivity index (χ4v) is 1.82. The zero-order chi connectivity index (χ0) is 15.0. The molecule has 0 aliphatic rings. The minimum atomic E-state index is -0.822. The molecule has 0 unspecified atom stereocenters. The van der Waals surface area contributed by atoms with Gasteiger partial charge in [-0.05, 0) is 37.0 Å². The molecule has 0 aromatic heterocycles. The van der Waals surface area contributed by atoms with Crippen molar-refractivity contribution < 1.29 is 14.6 Å². The van der Waals surface area contributed by atoms with Gasteiger partial charge in [0, 0.05) is 6.54 Å². The number of carbonyl (C=O) groups excluding carboxylic acids is 1. The zero-order valence-corrected chi connectivity index (χ0v) is 12.6. The number of ether oxygens (including phenoxy) is 1. The van der Waals surface area contributed by atoms with Crippen LogP contribution in [-0.4, -0.2) is 29.8 Å². The van der Waals surface area contributed by atoms with E-state index in [9.17, 15) is 9.90 Å². The van der Waals surface area contributed by atoms with Crippen molar-refractivity contribution in [1.82, 2.24) is 5.32 Å². The van der Waals surface area contributed by atoms with Crippen LogP contribution >= 0.6 is 0 Å². The van der Waals surface area contributed by atoms with Crippen molar-refractivity contribution in [3.8, 4) is 5.75 Å². The molecular weight excluding hydrogens is 254 g/mol. The first-order valence-electron chi connectivity index (χ1n) is 7.23. The van der Waals surface area contributed by atoms with Crippen molar-refractivity contribution in [1.29, 1.82) is 0 Å². The average molecular weight is 279 g/mol. The molecule has 0 fully saturated rings. The maximum atomic E-state index is 11.7. The van der Waals surface area contributed by atoms with Gasteiger partial charge in [0.15, 0.2) is 6.61 Å². The van der Waals surface area contributed by atoms with Crippen molar-refractivity contribution in [2.45, 2.75) is 45.6 Å². The standard InChI is InChI=1S/C16H25NO3/c1-4-13-8-7-9-14(10-13)20-11-15(18)17-12-16(19,5-2)6-3/h7-10,19H,4-6,11-12H2,1-3H3,(H,17,18). The number of benzene rings is 1. The summed E-state index contributed by atoms with van der Waals surface area (Å²) in [6, 6.07) is 7.71. The lowest BCUT2D eigenvalue weighted by molar-refractivity contribution is -0.124. The van der Waals surface area contributed by atoms with E-state index in [0.29, 0.717) is 18.6 Å². The summed E-state index contributed by atoms with van der Waals surface area (Å²) < 4.78 is 5.45. The Bertz CT molecular complexity index is 427. The number of nitrogens with one attached hydrogen (secondary N) is 1. The first kappa shape index (κ1) is 16.5. The predicted molar refractivity (Wildman–Crippen MR) is 79.9 cm³/mol. The van der Waals surface area contributed by atoms with E-state index in [-0.39, 0.29) is 19.1 Å². The highest BCUT2D eigenvalue weighted by Crippen LogP contribution is 2.14. The molecule has 0 heterocycles. The van der Waals surface area contributed by atoms with Crippen LogP contribution in [0.2, 0.25) is 0 Å². The molecule has 1 rings (SSSR count). The smallest absolute Gasteiger partial charge is 0.258 e. The zero-order valence-electron chi connectivity index (χ0n) is 12.6. The lowest BCUT2D eigenvalue weighted by Gasteiger charge is -2.25. The molecule has 0 bridgehead atoms. The van der Waals surface area contributed by atoms with Gasteiger partial charge in [0.2, 0.25) is 0 Å². The number of aliphatic hydroxyl groups is 1. The van der Waals surface area contributed by atoms with Crippen molar-refractivity contribution in [2.24, 2.45) is 0 Å². The molecule has 0 spiro atoms. The van der Waals surface area contributed by atoms with Crippen LogP contribution in [0.4, 0.5) is 0 Å². The number of carbonyl (C=O) groups is 1. The topological polar surface area (TPSA) is 58.6 Å². The molecule has 2 N–H and O–H groups in total. The summed E-state index contributed by atoms with van der Waals surface area (Å²) in [5.41, 5.74) is 0.354. The Morgan fingerprint density at radius 3 is 2.60 bits per heavy atom. The fourth-order valence-electron chi connectivity index (χ4n) is 1.82. The Morgan fingerprint density at radius 1 is 1.30 bits per heavy atom. The van der Waals surface area contributed by atoms with E-state index in [2.05, 4.69) is 12.2 Å². The molecule has 1 amide bonds. The summed E-state index contributed by atoms with van der Waals surface area (Å²) in [5, 5.41) is 12.8. The molecule has 0 aliphatic heterocycles. The van der Waals surface area contributed by atoms with Crippen LogP contribution in [0.25, 0.3) is 0 Å². The summed E-state index contributed by atoms with van der Waals surface area (Å²) in [7, 11) is 0.